The van der Waals surface area contributed by atoms with Gasteiger partial charge in [-0.15, -0.1) is 0 Å². The molecule has 1 spiro atoms. The standard InChI is InChI=1S/C15H24N4O4/c1-17(2)14(23)19-7-12(21)16-8-15(19)3-4-18(9-15)13(22)10-5-11(20)6-10/h10-11,20H,3-9H2,1-2H3,(H,16,21). The van der Waals surface area contributed by atoms with Crippen LogP contribution in [0.15, 0.2) is 0 Å². The molecule has 1 atom stereocenters. The van der Waals surface area contributed by atoms with Crippen LogP contribution in [0.2, 0.25) is 0 Å². The maximum atomic E-state index is 12.5. The number of rotatable bonds is 1. The molecule has 23 heavy (non-hydrogen) atoms. The molecular weight excluding hydrogens is 300 g/mol. The minimum absolute atomic E-state index is 0.0290. The lowest BCUT2D eigenvalue weighted by molar-refractivity contribution is -0.141. The van der Waals surface area contributed by atoms with Gasteiger partial charge in [-0.1, -0.05) is 0 Å². The van der Waals surface area contributed by atoms with E-state index in [-0.39, 0.29) is 36.4 Å². The molecule has 2 heterocycles. The molecule has 3 fully saturated rings. The van der Waals surface area contributed by atoms with Gasteiger partial charge in [0.1, 0.15) is 6.54 Å². The molecule has 1 aliphatic carbocycles. The molecule has 0 aromatic carbocycles. The zero-order valence-electron chi connectivity index (χ0n) is 13.6. The van der Waals surface area contributed by atoms with Crippen LogP contribution in [0.4, 0.5) is 4.79 Å². The van der Waals surface area contributed by atoms with E-state index < -0.39 is 5.54 Å². The first kappa shape index (κ1) is 16.0. The van der Waals surface area contributed by atoms with Gasteiger partial charge in [-0.2, -0.15) is 0 Å². The van der Waals surface area contributed by atoms with Gasteiger partial charge < -0.3 is 25.1 Å². The first-order valence-electron chi connectivity index (χ1n) is 8.05. The molecule has 4 amide bonds. The summed E-state index contributed by atoms with van der Waals surface area (Å²) >= 11 is 0. The molecule has 8 nitrogen and oxygen atoms in total. The maximum Gasteiger partial charge on any atom is 0.320 e. The van der Waals surface area contributed by atoms with Crippen LogP contribution in [0, 0.1) is 5.92 Å². The van der Waals surface area contributed by atoms with Crippen molar-refractivity contribution in [1.29, 1.82) is 0 Å². The van der Waals surface area contributed by atoms with Gasteiger partial charge >= 0.3 is 6.03 Å². The van der Waals surface area contributed by atoms with E-state index in [1.807, 2.05) is 0 Å². The lowest BCUT2D eigenvalue weighted by Gasteiger charge is -2.45. The third-order valence-electron chi connectivity index (χ3n) is 5.21. The smallest absolute Gasteiger partial charge is 0.320 e. The monoisotopic (exact) mass is 324 g/mol. The van der Waals surface area contributed by atoms with Crippen molar-refractivity contribution in [3.05, 3.63) is 0 Å². The number of hydrogen-bond donors (Lipinski definition) is 2. The number of aliphatic hydroxyl groups excluding tert-OH is 1. The van der Waals surface area contributed by atoms with Crippen LogP contribution in [0.3, 0.4) is 0 Å². The molecule has 0 bridgehead atoms. The SMILES string of the molecule is CN(C)C(=O)N1CC(=O)NCC12CCN(C(=O)C1CC(O)C1)C2. The van der Waals surface area contributed by atoms with Crippen molar-refractivity contribution in [2.75, 3.05) is 40.3 Å². The fourth-order valence-electron chi connectivity index (χ4n) is 3.69. The Morgan fingerprint density at radius 1 is 1.35 bits per heavy atom. The second-order valence-corrected chi connectivity index (χ2v) is 7.10. The molecule has 2 aliphatic heterocycles. The first-order chi connectivity index (χ1) is 10.8. The fourth-order valence-corrected chi connectivity index (χ4v) is 3.69. The van der Waals surface area contributed by atoms with Crippen molar-refractivity contribution in [3.8, 4) is 0 Å². The van der Waals surface area contributed by atoms with E-state index in [0.29, 0.717) is 38.9 Å². The summed E-state index contributed by atoms with van der Waals surface area (Å²) in [5, 5.41) is 12.2. The van der Waals surface area contributed by atoms with Crippen molar-refractivity contribution in [1.82, 2.24) is 20.0 Å². The van der Waals surface area contributed by atoms with Crippen molar-refractivity contribution in [3.63, 3.8) is 0 Å². The summed E-state index contributed by atoms with van der Waals surface area (Å²) in [6.45, 7) is 1.43. The summed E-state index contributed by atoms with van der Waals surface area (Å²) in [6, 6.07) is -0.201. The molecule has 8 heteroatoms. The molecule has 1 saturated carbocycles. The molecule has 2 N–H and O–H groups in total. The Kier molecular flexibility index (Phi) is 3.95. The summed E-state index contributed by atoms with van der Waals surface area (Å²) in [5.74, 6) is -0.213. The zero-order chi connectivity index (χ0) is 16.8. The predicted molar refractivity (Wildman–Crippen MR) is 81.5 cm³/mol. The largest absolute Gasteiger partial charge is 0.393 e. The van der Waals surface area contributed by atoms with Crippen molar-refractivity contribution < 1.29 is 19.5 Å². The van der Waals surface area contributed by atoms with Gasteiger partial charge in [-0.05, 0) is 19.3 Å². The molecule has 3 aliphatic rings. The molecule has 0 aromatic rings. The highest BCUT2D eigenvalue weighted by Gasteiger charge is 2.51. The molecule has 0 radical (unpaired) electrons. The van der Waals surface area contributed by atoms with Gasteiger partial charge in [0.2, 0.25) is 11.8 Å². The lowest BCUT2D eigenvalue weighted by Crippen LogP contribution is -2.67. The number of carbonyl (C=O) groups is 3. The second-order valence-electron chi connectivity index (χ2n) is 7.10. The topological polar surface area (TPSA) is 93.2 Å². The third-order valence-corrected chi connectivity index (χ3v) is 5.21. The summed E-state index contributed by atoms with van der Waals surface area (Å²) in [6.07, 6.45) is 1.36. The highest BCUT2D eigenvalue weighted by molar-refractivity contribution is 5.86. The van der Waals surface area contributed by atoms with Crippen molar-refractivity contribution >= 4 is 17.8 Å². The van der Waals surface area contributed by atoms with E-state index >= 15 is 0 Å². The van der Waals surface area contributed by atoms with E-state index in [1.165, 1.54) is 4.90 Å². The van der Waals surface area contributed by atoms with Gasteiger partial charge in [-0.3, -0.25) is 9.59 Å². The molecule has 1 unspecified atom stereocenters. The Hall–Kier alpha value is -1.83. The van der Waals surface area contributed by atoms with E-state index in [4.69, 9.17) is 0 Å². The highest BCUT2D eigenvalue weighted by Crippen LogP contribution is 2.35. The Bertz CT molecular complexity index is 532. The van der Waals surface area contributed by atoms with Gasteiger partial charge in [0.05, 0.1) is 11.6 Å². The Balaban J connectivity index is 1.73. The van der Waals surface area contributed by atoms with Gasteiger partial charge in [0, 0.05) is 39.6 Å². The van der Waals surface area contributed by atoms with Gasteiger partial charge in [0.15, 0.2) is 0 Å². The quantitative estimate of drug-likeness (QED) is 0.636. The second kappa shape index (κ2) is 5.67. The van der Waals surface area contributed by atoms with Gasteiger partial charge in [-0.25, -0.2) is 4.79 Å². The lowest BCUT2D eigenvalue weighted by atomic mass is 9.81. The normalized spacial score (nSPS) is 33.4. The summed E-state index contributed by atoms with van der Waals surface area (Å²) in [7, 11) is 3.33. The molecular formula is C15H24N4O4. The number of amides is 4. The Morgan fingerprint density at radius 3 is 2.65 bits per heavy atom. The molecule has 2 saturated heterocycles. The van der Waals surface area contributed by atoms with E-state index in [0.717, 1.165) is 0 Å². The maximum absolute atomic E-state index is 12.5. The number of piperazine rings is 1. The molecule has 128 valence electrons. The fraction of sp³-hybridized carbons (Fsp3) is 0.800. The minimum Gasteiger partial charge on any atom is -0.393 e. The average Bonchev–Trinajstić information content (AvgIpc) is 2.90. The number of aliphatic hydroxyl groups is 1. The number of carbonyl (C=O) groups excluding carboxylic acids is 3. The minimum atomic E-state index is -0.521. The summed E-state index contributed by atoms with van der Waals surface area (Å²) in [4.78, 5) is 41.5. The van der Waals surface area contributed by atoms with Crippen LogP contribution in [0.25, 0.3) is 0 Å². The van der Waals surface area contributed by atoms with Crippen LogP contribution in [0.5, 0.6) is 0 Å². The number of likely N-dealkylation sites (tertiary alicyclic amines) is 1. The third kappa shape index (κ3) is 2.75. The van der Waals surface area contributed by atoms with Crippen LogP contribution >= 0.6 is 0 Å². The van der Waals surface area contributed by atoms with Crippen LogP contribution in [-0.2, 0) is 9.59 Å². The Labute approximate surface area is 135 Å². The zero-order valence-corrected chi connectivity index (χ0v) is 13.6. The van der Waals surface area contributed by atoms with E-state index in [1.54, 1.807) is 23.9 Å². The van der Waals surface area contributed by atoms with Crippen LogP contribution < -0.4 is 5.32 Å². The molecule has 3 rings (SSSR count). The number of nitrogens with zero attached hydrogens (tertiary/aromatic N) is 3. The van der Waals surface area contributed by atoms with Crippen LogP contribution in [-0.4, -0.2) is 89.6 Å². The predicted octanol–water partition coefficient (Wildman–Crippen LogP) is -1.16. The number of urea groups is 1. The van der Waals surface area contributed by atoms with E-state index in [9.17, 15) is 19.5 Å². The van der Waals surface area contributed by atoms with E-state index in [2.05, 4.69) is 5.32 Å². The van der Waals surface area contributed by atoms with Gasteiger partial charge in [0.25, 0.3) is 0 Å². The number of hydrogen-bond acceptors (Lipinski definition) is 4. The summed E-state index contributed by atoms with van der Waals surface area (Å²) in [5.41, 5.74) is -0.521. The Morgan fingerprint density at radius 2 is 2.04 bits per heavy atom. The number of nitrogens with one attached hydrogen (secondary N) is 1. The average molecular weight is 324 g/mol. The van der Waals surface area contributed by atoms with Crippen LogP contribution in [0.1, 0.15) is 19.3 Å². The first-order valence-corrected chi connectivity index (χ1v) is 8.05. The van der Waals surface area contributed by atoms with Crippen molar-refractivity contribution in [2.45, 2.75) is 30.9 Å². The van der Waals surface area contributed by atoms with Crippen molar-refractivity contribution in [2.24, 2.45) is 5.92 Å². The summed E-state index contributed by atoms with van der Waals surface area (Å²) < 4.78 is 0. The highest BCUT2D eigenvalue weighted by atomic mass is 16.3. The molecule has 0 aromatic heterocycles.